The summed E-state index contributed by atoms with van der Waals surface area (Å²) < 4.78 is 0. The van der Waals surface area contributed by atoms with E-state index in [2.05, 4.69) is 44.8 Å². The van der Waals surface area contributed by atoms with E-state index in [0.717, 1.165) is 22.5 Å². The smallest absolute Gasteiger partial charge is 0.335 e. The highest BCUT2D eigenvalue weighted by Crippen LogP contribution is 2.35. The maximum Gasteiger partial charge on any atom is 0.335 e. The van der Waals surface area contributed by atoms with E-state index in [4.69, 9.17) is 5.11 Å². The van der Waals surface area contributed by atoms with Crippen LogP contribution in [0.15, 0.2) is 41.4 Å². The molecule has 0 bridgehead atoms. The second-order valence-corrected chi connectivity index (χ2v) is 7.81. The molecule has 0 saturated carbocycles. The zero-order valence-electron chi connectivity index (χ0n) is 17.0. The van der Waals surface area contributed by atoms with Crippen LogP contribution in [0.3, 0.4) is 0 Å². The van der Waals surface area contributed by atoms with Gasteiger partial charge in [-0.2, -0.15) is 0 Å². The molecule has 0 radical (unpaired) electrons. The molecule has 1 amide bonds. The number of aliphatic imine (C=N–C) groups is 1. The Hall–Kier alpha value is -2.95. The van der Waals surface area contributed by atoms with Crippen LogP contribution in [0, 0.1) is 0 Å². The Morgan fingerprint density at radius 1 is 1.04 bits per heavy atom. The lowest BCUT2D eigenvalue weighted by molar-refractivity contribution is -0.116. The maximum absolute atomic E-state index is 12.5. The lowest BCUT2D eigenvalue weighted by Gasteiger charge is -2.24. The Morgan fingerprint density at radius 2 is 1.61 bits per heavy atom. The van der Waals surface area contributed by atoms with Gasteiger partial charge in [-0.1, -0.05) is 39.8 Å². The molecule has 5 heteroatoms. The van der Waals surface area contributed by atoms with Crippen LogP contribution in [0.25, 0.3) is 0 Å². The van der Waals surface area contributed by atoms with Gasteiger partial charge in [0, 0.05) is 18.2 Å². The number of rotatable bonds is 4. The molecule has 3 rings (SSSR count). The number of aromatic carboxylic acids is 1. The highest BCUT2D eigenvalue weighted by molar-refractivity contribution is 6.19. The number of benzodiazepines with no additional fused rings is 1. The summed E-state index contributed by atoms with van der Waals surface area (Å²) in [6.45, 7) is 8.71. The van der Waals surface area contributed by atoms with Crippen molar-refractivity contribution < 1.29 is 14.7 Å². The largest absolute Gasteiger partial charge is 0.478 e. The predicted molar refractivity (Wildman–Crippen MR) is 112 cm³/mol. The SMILES string of the molecule is CC(C)c1cc2c(cc1C(C)C)N(C)C(=O)CN=C2c1ccc(C(=O)O)cc1. The average Bonchev–Trinajstić information content (AvgIpc) is 2.78. The number of carboxylic acids is 1. The van der Waals surface area contributed by atoms with Gasteiger partial charge in [0.15, 0.2) is 0 Å². The number of carboxylic acid groups (broad SMARTS) is 1. The first-order chi connectivity index (χ1) is 13.2. The van der Waals surface area contributed by atoms with Crippen molar-refractivity contribution in [3.63, 3.8) is 0 Å². The molecule has 5 nitrogen and oxygen atoms in total. The van der Waals surface area contributed by atoms with E-state index >= 15 is 0 Å². The van der Waals surface area contributed by atoms with Crippen molar-refractivity contribution in [2.45, 2.75) is 39.5 Å². The molecule has 0 fully saturated rings. The third kappa shape index (κ3) is 3.57. The van der Waals surface area contributed by atoms with Gasteiger partial charge in [-0.05, 0) is 47.2 Å². The van der Waals surface area contributed by atoms with Crippen LogP contribution in [0.4, 0.5) is 5.69 Å². The van der Waals surface area contributed by atoms with E-state index in [-0.39, 0.29) is 18.0 Å². The van der Waals surface area contributed by atoms with Gasteiger partial charge in [-0.3, -0.25) is 9.79 Å². The molecule has 0 atom stereocenters. The number of amides is 1. The number of carbonyl (C=O) groups excluding carboxylic acids is 1. The van der Waals surface area contributed by atoms with Gasteiger partial charge >= 0.3 is 5.97 Å². The molecule has 1 heterocycles. The van der Waals surface area contributed by atoms with Crippen molar-refractivity contribution in [2.75, 3.05) is 18.5 Å². The average molecular weight is 378 g/mol. The Labute approximate surface area is 165 Å². The Bertz CT molecular complexity index is 957. The summed E-state index contributed by atoms with van der Waals surface area (Å²) in [5, 5.41) is 9.16. The number of hydrogen-bond acceptors (Lipinski definition) is 3. The maximum atomic E-state index is 12.5. The molecule has 0 unspecified atom stereocenters. The van der Waals surface area contributed by atoms with Crippen LogP contribution < -0.4 is 4.90 Å². The molecule has 0 aliphatic carbocycles. The van der Waals surface area contributed by atoms with Crippen LogP contribution in [-0.2, 0) is 4.79 Å². The number of anilines is 1. The summed E-state index contributed by atoms with van der Waals surface area (Å²) >= 11 is 0. The zero-order valence-corrected chi connectivity index (χ0v) is 17.0. The second-order valence-electron chi connectivity index (χ2n) is 7.81. The standard InChI is InChI=1S/C23H26N2O3/c1-13(2)17-10-19-20(11-18(17)14(3)4)25(5)21(26)12-24-22(19)15-6-8-16(9-7-15)23(27)28/h6-11,13-14H,12H2,1-5H3,(H,27,28). The molecule has 0 aromatic heterocycles. The van der Waals surface area contributed by atoms with Crippen molar-refractivity contribution in [3.8, 4) is 0 Å². The predicted octanol–water partition coefficient (Wildman–Crippen LogP) is 4.45. The number of hydrogen-bond donors (Lipinski definition) is 1. The Balaban J connectivity index is 2.24. The third-order valence-corrected chi connectivity index (χ3v) is 5.21. The molecule has 1 aliphatic rings. The zero-order chi connectivity index (χ0) is 20.6. The van der Waals surface area contributed by atoms with Crippen LogP contribution in [0.1, 0.15) is 72.1 Å². The number of fused-ring (bicyclic) bond motifs is 1. The van der Waals surface area contributed by atoms with Gasteiger partial charge in [0.25, 0.3) is 0 Å². The fraction of sp³-hybridized carbons (Fsp3) is 0.348. The highest BCUT2D eigenvalue weighted by Gasteiger charge is 2.25. The fourth-order valence-electron chi connectivity index (χ4n) is 3.58. The normalized spacial score (nSPS) is 14.2. The molecule has 0 spiro atoms. The van der Waals surface area contributed by atoms with E-state index in [9.17, 15) is 9.59 Å². The summed E-state index contributed by atoms with van der Waals surface area (Å²) in [6.07, 6.45) is 0. The van der Waals surface area contributed by atoms with Crippen LogP contribution in [0.5, 0.6) is 0 Å². The minimum Gasteiger partial charge on any atom is -0.478 e. The van der Waals surface area contributed by atoms with Gasteiger partial charge in [0.1, 0.15) is 6.54 Å². The van der Waals surface area contributed by atoms with E-state index in [1.165, 1.54) is 11.1 Å². The molecule has 2 aromatic rings. The number of nitrogens with zero attached hydrogens (tertiary/aromatic N) is 2. The first-order valence-corrected chi connectivity index (χ1v) is 9.53. The van der Waals surface area contributed by atoms with Crippen LogP contribution in [-0.4, -0.2) is 36.3 Å². The summed E-state index contributed by atoms with van der Waals surface area (Å²) in [6, 6.07) is 10.9. The quantitative estimate of drug-likeness (QED) is 0.855. The Morgan fingerprint density at radius 3 is 2.14 bits per heavy atom. The van der Waals surface area contributed by atoms with Gasteiger partial charge in [0.05, 0.1) is 17.0 Å². The van der Waals surface area contributed by atoms with E-state index in [1.807, 2.05) is 0 Å². The summed E-state index contributed by atoms with van der Waals surface area (Å²) in [7, 11) is 1.78. The van der Waals surface area contributed by atoms with E-state index < -0.39 is 5.97 Å². The van der Waals surface area contributed by atoms with Gasteiger partial charge in [-0.15, -0.1) is 0 Å². The number of carbonyl (C=O) groups is 2. The highest BCUT2D eigenvalue weighted by atomic mass is 16.4. The molecule has 1 aliphatic heterocycles. The molecular formula is C23H26N2O3. The molecular weight excluding hydrogens is 352 g/mol. The summed E-state index contributed by atoms with van der Waals surface area (Å²) in [5.74, 6) is -0.356. The van der Waals surface area contributed by atoms with E-state index in [0.29, 0.717) is 11.8 Å². The van der Waals surface area contributed by atoms with Crippen molar-refractivity contribution in [1.29, 1.82) is 0 Å². The lowest BCUT2D eigenvalue weighted by Crippen LogP contribution is -2.28. The van der Waals surface area contributed by atoms with Crippen molar-refractivity contribution >= 4 is 23.3 Å². The minimum atomic E-state index is -0.965. The van der Waals surface area contributed by atoms with Crippen molar-refractivity contribution in [2.24, 2.45) is 4.99 Å². The van der Waals surface area contributed by atoms with Crippen molar-refractivity contribution in [1.82, 2.24) is 0 Å². The minimum absolute atomic E-state index is 0.0644. The molecule has 0 saturated heterocycles. The lowest BCUT2D eigenvalue weighted by atomic mass is 9.86. The van der Waals surface area contributed by atoms with Crippen LogP contribution in [0.2, 0.25) is 0 Å². The summed E-state index contributed by atoms with van der Waals surface area (Å²) in [4.78, 5) is 30.0. The van der Waals surface area contributed by atoms with Gasteiger partial charge in [-0.25, -0.2) is 4.79 Å². The number of likely N-dealkylation sites (N-methyl/N-ethyl adjacent to an activating group) is 1. The molecule has 28 heavy (non-hydrogen) atoms. The van der Waals surface area contributed by atoms with Crippen molar-refractivity contribution in [3.05, 3.63) is 64.2 Å². The molecule has 1 N–H and O–H groups in total. The topological polar surface area (TPSA) is 70.0 Å². The Kier molecular flexibility index (Phi) is 5.36. The first-order valence-electron chi connectivity index (χ1n) is 9.53. The van der Waals surface area contributed by atoms with E-state index in [1.54, 1.807) is 36.2 Å². The monoisotopic (exact) mass is 378 g/mol. The molecule has 2 aromatic carbocycles. The fourth-order valence-corrected chi connectivity index (χ4v) is 3.58. The summed E-state index contributed by atoms with van der Waals surface area (Å²) in [5.41, 5.74) is 5.98. The van der Waals surface area contributed by atoms with Crippen LogP contribution >= 0.6 is 0 Å². The second kappa shape index (κ2) is 7.58. The number of benzene rings is 2. The first kappa shape index (κ1) is 19.8. The van der Waals surface area contributed by atoms with Gasteiger partial charge < -0.3 is 10.0 Å². The van der Waals surface area contributed by atoms with Gasteiger partial charge in [0.2, 0.25) is 5.91 Å². The molecule has 146 valence electrons. The third-order valence-electron chi connectivity index (χ3n) is 5.21.